The number of amides is 1. The molecule has 1 amide bonds. The van der Waals surface area contributed by atoms with Gasteiger partial charge in [0.2, 0.25) is 5.91 Å². The average molecular weight is 977 g/mol. The number of rotatable bonds is 57. The predicted molar refractivity (Wildman–Crippen MR) is 313 cm³/mol. The highest BCUT2D eigenvalue weighted by Gasteiger charge is 2.18. The van der Waals surface area contributed by atoms with E-state index in [9.17, 15) is 15.0 Å². The van der Waals surface area contributed by atoms with Crippen LogP contribution in [0.15, 0.2) is 72.9 Å². The molecule has 0 aromatic heterocycles. The summed E-state index contributed by atoms with van der Waals surface area (Å²) < 4.78 is 0. The van der Waals surface area contributed by atoms with Gasteiger partial charge < -0.3 is 15.5 Å². The fourth-order valence-corrected chi connectivity index (χ4v) is 9.50. The highest BCUT2D eigenvalue weighted by molar-refractivity contribution is 5.76. The summed E-state index contributed by atoms with van der Waals surface area (Å²) in [6, 6.07) is -0.628. The number of hydrogen-bond donors (Lipinski definition) is 3. The lowest BCUT2D eigenvalue weighted by Gasteiger charge is -2.20. The van der Waals surface area contributed by atoms with Crippen molar-refractivity contribution in [3.8, 4) is 0 Å². The molecule has 4 heteroatoms. The first-order valence-electron chi connectivity index (χ1n) is 31.2. The largest absolute Gasteiger partial charge is 0.394 e. The maximum atomic E-state index is 12.5. The second-order valence-electron chi connectivity index (χ2n) is 21.1. The second kappa shape index (κ2) is 61.1. The number of carbonyl (C=O) groups excluding carboxylic acids is 1. The Labute approximate surface area is 438 Å². The molecule has 2 unspecified atom stereocenters. The van der Waals surface area contributed by atoms with Crippen LogP contribution in [-0.2, 0) is 4.79 Å². The van der Waals surface area contributed by atoms with Crippen LogP contribution in [0.5, 0.6) is 0 Å². The fourth-order valence-electron chi connectivity index (χ4n) is 9.50. The van der Waals surface area contributed by atoms with E-state index in [2.05, 4.69) is 79.9 Å². The van der Waals surface area contributed by atoms with E-state index in [0.29, 0.717) is 6.42 Å². The first-order valence-corrected chi connectivity index (χ1v) is 31.2. The minimum Gasteiger partial charge on any atom is -0.394 e. The molecule has 0 aromatic carbocycles. The molecule has 408 valence electrons. The number of carbonyl (C=O) groups is 1. The Bertz CT molecular complexity index is 1200. The molecule has 0 saturated heterocycles. The topological polar surface area (TPSA) is 69.6 Å². The Hall–Kier alpha value is -2.17. The lowest BCUT2D eigenvalue weighted by Crippen LogP contribution is -2.45. The van der Waals surface area contributed by atoms with Crippen LogP contribution < -0.4 is 5.32 Å². The molecule has 0 fully saturated rings. The Morgan fingerprint density at radius 2 is 0.629 bits per heavy atom. The zero-order chi connectivity index (χ0) is 50.6. The van der Waals surface area contributed by atoms with Crippen LogP contribution in [0.1, 0.15) is 322 Å². The molecule has 0 aliphatic rings. The molecule has 0 bridgehead atoms. The predicted octanol–water partition coefficient (Wildman–Crippen LogP) is 20.9. The van der Waals surface area contributed by atoms with Crippen LogP contribution in [-0.4, -0.2) is 34.9 Å². The highest BCUT2D eigenvalue weighted by atomic mass is 16.3. The number of aliphatic hydroxyl groups excluding tert-OH is 2. The Morgan fingerprint density at radius 3 is 0.943 bits per heavy atom. The molecule has 0 heterocycles. The van der Waals surface area contributed by atoms with Gasteiger partial charge in [0.05, 0.1) is 18.8 Å². The van der Waals surface area contributed by atoms with Gasteiger partial charge in [-0.05, 0) is 64.2 Å². The molecule has 2 atom stereocenters. The summed E-state index contributed by atoms with van der Waals surface area (Å²) in [6.45, 7) is 4.22. The van der Waals surface area contributed by atoms with E-state index in [1.54, 1.807) is 6.08 Å². The molecule has 0 aromatic rings. The molecular weight excluding hydrogens is 855 g/mol. The van der Waals surface area contributed by atoms with Gasteiger partial charge in [0.25, 0.3) is 0 Å². The number of hydrogen-bond acceptors (Lipinski definition) is 3. The van der Waals surface area contributed by atoms with Crippen molar-refractivity contribution in [3.63, 3.8) is 0 Å². The second-order valence-corrected chi connectivity index (χ2v) is 21.1. The van der Waals surface area contributed by atoms with Crippen molar-refractivity contribution < 1.29 is 15.0 Å². The van der Waals surface area contributed by atoms with Gasteiger partial charge in [-0.15, -0.1) is 0 Å². The maximum absolute atomic E-state index is 12.5. The Balaban J connectivity index is 3.49. The third-order valence-corrected chi connectivity index (χ3v) is 14.2. The molecule has 0 radical (unpaired) electrons. The molecule has 0 saturated carbocycles. The zero-order valence-electron chi connectivity index (χ0n) is 47.0. The van der Waals surface area contributed by atoms with Crippen molar-refractivity contribution in [1.29, 1.82) is 0 Å². The SMILES string of the molecule is CC/C=C\C/C=C\C/C=C\C/C=C\C/C=C\CCCCCCCCCCCCCCCC(=O)NC(CO)C(O)/C=C/CCCCCCCCCCCCCCCCCCCCCCCCCCCCC. The third kappa shape index (κ3) is 56.7. The lowest BCUT2D eigenvalue weighted by atomic mass is 10.0. The summed E-state index contributed by atoms with van der Waals surface area (Å²) in [5.74, 6) is -0.0637. The van der Waals surface area contributed by atoms with Gasteiger partial charge in [0.1, 0.15) is 0 Å². The minimum atomic E-state index is -0.844. The monoisotopic (exact) mass is 976 g/mol. The van der Waals surface area contributed by atoms with E-state index < -0.39 is 12.1 Å². The van der Waals surface area contributed by atoms with Gasteiger partial charge in [-0.25, -0.2) is 0 Å². The summed E-state index contributed by atoms with van der Waals surface area (Å²) in [4.78, 5) is 12.5. The molecule has 3 N–H and O–H groups in total. The van der Waals surface area contributed by atoms with Crippen LogP contribution in [0, 0.1) is 0 Å². The molecule has 0 spiro atoms. The smallest absolute Gasteiger partial charge is 0.220 e. The summed E-state index contributed by atoms with van der Waals surface area (Å²) in [6.07, 6.45) is 88.0. The Kier molecular flexibility index (Phi) is 59.2. The first kappa shape index (κ1) is 67.8. The number of aliphatic hydroxyl groups is 2. The highest BCUT2D eigenvalue weighted by Crippen LogP contribution is 2.18. The van der Waals surface area contributed by atoms with Crippen LogP contribution >= 0.6 is 0 Å². The summed E-state index contributed by atoms with van der Waals surface area (Å²) in [5.41, 5.74) is 0. The third-order valence-electron chi connectivity index (χ3n) is 14.2. The zero-order valence-corrected chi connectivity index (χ0v) is 47.0. The minimum absolute atomic E-state index is 0.0637. The molecule has 70 heavy (non-hydrogen) atoms. The Morgan fingerprint density at radius 1 is 0.357 bits per heavy atom. The summed E-state index contributed by atoms with van der Waals surface area (Å²) in [5, 5.41) is 23.3. The van der Waals surface area contributed by atoms with Gasteiger partial charge in [-0.2, -0.15) is 0 Å². The number of unbranched alkanes of at least 4 members (excludes halogenated alkanes) is 40. The van der Waals surface area contributed by atoms with E-state index in [0.717, 1.165) is 57.8 Å². The fraction of sp³-hybridized carbons (Fsp3) is 0.803. The van der Waals surface area contributed by atoms with Gasteiger partial charge in [-0.1, -0.05) is 324 Å². The van der Waals surface area contributed by atoms with E-state index in [4.69, 9.17) is 0 Å². The van der Waals surface area contributed by atoms with Crippen LogP contribution in [0.25, 0.3) is 0 Å². The van der Waals surface area contributed by atoms with Gasteiger partial charge >= 0.3 is 0 Å². The van der Waals surface area contributed by atoms with Crippen molar-refractivity contribution >= 4 is 5.91 Å². The van der Waals surface area contributed by atoms with Gasteiger partial charge in [-0.3, -0.25) is 4.79 Å². The molecule has 0 aliphatic carbocycles. The van der Waals surface area contributed by atoms with Crippen LogP contribution in [0.2, 0.25) is 0 Å². The summed E-state index contributed by atoms with van der Waals surface area (Å²) in [7, 11) is 0. The van der Waals surface area contributed by atoms with Crippen molar-refractivity contribution in [1.82, 2.24) is 5.32 Å². The van der Waals surface area contributed by atoms with E-state index in [-0.39, 0.29) is 12.5 Å². The maximum Gasteiger partial charge on any atom is 0.220 e. The molecular formula is C66H121NO3. The quantitative estimate of drug-likeness (QED) is 0.0420. The van der Waals surface area contributed by atoms with Crippen molar-refractivity contribution in [2.45, 2.75) is 334 Å². The van der Waals surface area contributed by atoms with E-state index in [1.165, 1.54) is 244 Å². The van der Waals surface area contributed by atoms with Gasteiger partial charge in [0.15, 0.2) is 0 Å². The summed E-state index contributed by atoms with van der Waals surface area (Å²) >= 11 is 0. The van der Waals surface area contributed by atoms with Crippen molar-refractivity contribution in [2.75, 3.05) is 6.61 Å². The van der Waals surface area contributed by atoms with Crippen molar-refractivity contribution in [2.24, 2.45) is 0 Å². The number of nitrogens with one attached hydrogen (secondary N) is 1. The van der Waals surface area contributed by atoms with Crippen LogP contribution in [0.4, 0.5) is 0 Å². The van der Waals surface area contributed by atoms with Gasteiger partial charge in [0, 0.05) is 6.42 Å². The molecule has 0 aliphatic heterocycles. The molecule has 4 nitrogen and oxygen atoms in total. The van der Waals surface area contributed by atoms with Crippen molar-refractivity contribution in [3.05, 3.63) is 72.9 Å². The average Bonchev–Trinajstić information content (AvgIpc) is 3.36. The molecule has 0 rings (SSSR count). The first-order chi connectivity index (χ1) is 34.7. The normalized spacial score (nSPS) is 13.3. The number of allylic oxidation sites excluding steroid dienone is 11. The van der Waals surface area contributed by atoms with E-state index >= 15 is 0 Å². The van der Waals surface area contributed by atoms with E-state index in [1.807, 2.05) is 6.08 Å². The standard InChI is InChI=1S/C66H121NO3/c1-3-5-7-9-11-13-15-17-19-21-23-25-27-29-31-33-35-37-39-41-43-45-47-49-51-53-55-57-59-61-65(69)64(63-68)67-66(70)62-60-58-56-54-52-50-48-46-44-42-40-38-36-34-32-30-28-26-24-22-20-18-16-14-12-10-8-6-4-2/h6,8,12,14,18,20,24,26,30,32,59,61,64-65,68-69H,3-5,7,9-11,13,15-17,19,21-23,25,27-29,31,33-58,60,62-63H2,1-2H3,(H,67,70)/b8-6-,14-12-,20-18-,26-24-,32-30-,61-59+. The van der Waals surface area contributed by atoms with Crippen LogP contribution in [0.3, 0.4) is 0 Å². The lowest BCUT2D eigenvalue weighted by molar-refractivity contribution is -0.123.